The quantitative estimate of drug-likeness (QED) is 0.668. The summed E-state index contributed by atoms with van der Waals surface area (Å²) in [4.78, 5) is 23.0. The number of benzene rings is 3. The van der Waals surface area contributed by atoms with Crippen molar-refractivity contribution in [1.29, 1.82) is 0 Å². The van der Waals surface area contributed by atoms with Gasteiger partial charge in [0.2, 0.25) is 0 Å². The van der Waals surface area contributed by atoms with Gasteiger partial charge in [-0.2, -0.15) is 0 Å². The van der Waals surface area contributed by atoms with Gasteiger partial charge in [-0.15, -0.1) is 0 Å². The molecule has 1 aliphatic carbocycles. The molecule has 29 heavy (non-hydrogen) atoms. The maximum absolute atomic E-state index is 13.7. The van der Waals surface area contributed by atoms with Gasteiger partial charge in [0.15, 0.2) is 0 Å². The van der Waals surface area contributed by atoms with Gasteiger partial charge in [-0.05, 0) is 39.9 Å². The van der Waals surface area contributed by atoms with Crippen molar-refractivity contribution in [2.24, 2.45) is 0 Å². The van der Waals surface area contributed by atoms with Gasteiger partial charge in [-0.25, -0.2) is 14.0 Å². The number of fused-ring (bicyclic) bond motifs is 3. The molecule has 6 heteroatoms. The standard InChI is InChI=1S/C23H18FNO4/c24-21-11-14(9-10-19(21)22(26)27)12-25-23(28)29-13-20-17-7-3-1-5-15(17)16-6-2-4-8-18(16)20/h1-11,20H,12-13H2,(H,25,28)(H,26,27). The van der Waals surface area contributed by atoms with Crippen LogP contribution in [-0.2, 0) is 11.3 Å². The molecule has 0 aliphatic heterocycles. The number of amides is 1. The van der Waals surface area contributed by atoms with Gasteiger partial charge in [-0.3, -0.25) is 0 Å². The Bertz CT molecular complexity index is 1050. The first-order valence-corrected chi connectivity index (χ1v) is 9.15. The first kappa shape index (κ1) is 18.7. The van der Waals surface area contributed by atoms with Gasteiger partial charge in [0.1, 0.15) is 12.4 Å². The molecule has 4 rings (SSSR count). The molecule has 1 aliphatic rings. The van der Waals surface area contributed by atoms with Crippen LogP contribution in [0.4, 0.5) is 9.18 Å². The average molecular weight is 391 g/mol. The van der Waals surface area contributed by atoms with Gasteiger partial charge >= 0.3 is 12.1 Å². The summed E-state index contributed by atoms with van der Waals surface area (Å²) in [6, 6.07) is 19.8. The summed E-state index contributed by atoms with van der Waals surface area (Å²) in [6.45, 7) is 0.222. The number of carboxylic acids is 1. The molecule has 0 heterocycles. The lowest BCUT2D eigenvalue weighted by atomic mass is 9.98. The highest BCUT2D eigenvalue weighted by molar-refractivity contribution is 5.88. The Hall–Kier alpha value is -3.67. The molecule has 0 unspecified atom stereocenters. The van der Waals surface area contributed by atoms with E-state index in [1.807, 2.05) is 36.4 Å². The number of carboxylic acid groups (broad SMARTS) is 1. The van der Waals surface area contributed by atoms with Crippen molar-refractivity contribution in [3.05, 3.63) is 94.8 Å². The average Bonchev–Trinajstić information content (AvgIpc) is 3.04. The van der Waals surface area contributed by atoms with E-state index in [0.29, 0.717) is 5.56 Å². The molecule has 0 aromatic heterocycles. The van der Waals surface area contributed by atoms with E-state index in [-0.39, 0.29) is 19.1 Å². The topological polar surface area (TPSA) is 75.6 Å². The van der Waals surface area contributed by atoms with Crippen molar-refractivity contribution in [2.45, 2.75) is 12.5 Å². The molecule has 0 fully saturated rings. The molecular formula is C23H18FNO4. The fourth-order valence-electron chi connectivity index (χ4n) is 3.67. The number of nitrogens with one attached hydrogen (secondary N) is 1. The van der Waals surface area contributed by atoms with E-state index in [9.17, 15) is 14.0 Å². The Labute approximate surface area is 166 Å². The highest BCUT2D eigenvalue weighted by Crippen LogP contribution is 2.44. The van der Waals surface area contributed by atoms with Crippen LogP contribution in [0, 0.1) is 5.82 Å². The van der Waals surface area contributed by atoms with Crippen molar-refractivity contribution in [2.75, 3.05) is 6.61 Å². The van der Waals surface area contributed by atoms with Gasteiger partial charge in [0.05, 0.1) is 5.56 Å². The SMILES string of the molecule is O=C(NCc1ccc(C(=O)O)c(F)c1)OCC1c2ccccc2-c2ccccc21. The fourth-order valence-corrected chi connectivity index (χ4v) is 3.67. The van der Waals surface area contributed by atoms with Crippen molar-refractivity contribution in [3.8, 4) is 11.1 Å². The Morgan fingerprint density at radius 1 is 0.966 bits per heavy atom. The molecule has 0 saturated heterocycles. The lowest BCUT2D eigenvalue weighted by molar-refractivity contribution is 0.0691. The number of alkyl carbamates (subject to hydrolysis) is 1. The van der Waals surface area contributed by atoms with Crippen LogP contribution in [0.2, 0.25) is 0 Å². The zero-order valence-corrected chi connectivity index (χ0v) is 15.4. The number of ether oxygens (including phenoxy) is 1. The van der Waals surface area contributed by atoms with E-state index in [1.54, 1.807) is 0 Å². The smallest absolute Gasteiger partial charge is 0.407 e. The summed E-state index contributed by atoms with van der Waals surface area (Å²) in [6.07, 6.45) is -0.616. The fraction of sp³-hybridized carbons (Fsp3) is 0.130. The molecule has 0 radical (unpaired) electrons. The minimum atomic E-state index is -1.33. The first-order valence-electron chi connectivity index (χ1n) is 9.15. The van der Waals surface area contributed by atoms with E-state index in [1.165, 1.54) is 12.1 Å². The maximum atomic E-state index is 13.7. The normalized spacial score (nSPS) is 12.2. The monoisotopic (exact) mass is 391 g/mol. The van der Waals surface area contributed by atoms with Crippen LogP contribution in [-0.4, -0.2) is 23.8 Å². The number of aromatic carboxylic acids is 1. The van der Waals surface area contributed by atoms with E-state index >= 15 is 0 Å². The van der Waals surface area contributed by atoms with Crippen molar-refractivity contribution in [1.82, 2.24) is 5.32 Å². The summed E-state index contributed by atoms with van der Waals surface area (Å²) in [5.41, 5.74) is 4.56. The number of hydrogen-bond acceptors (Lipinski definition) is 3. The number of rotatable bonds is 5. The van der Waals surface area contributed by atoms with Crippen molar-refractivity contribution in [3.63, 3.8) is 0 Å². The lowest BCUT2D eigenvalue weighted by Crippen LogP contribution is -2.25. The van der Waals surface area contributed by atoms with E-state index in [4.69, 9.17) is 9.84 Å². The molecule has 1 amide bonds. The Morgan fingerprint density at radius 3 is 2.17 bits per heavy atom. The largest absolute Gasteiger partial charge is 0.478 e. The second-order valence-electron chi connectivity index (χ2n) is 6.80. The van der Waals surface area contributed by atoms with Crippen LogP contribution in [0.1, 0.15) is 33.0 Å². The second-order valence-corrected chi connectivity index (χ2v) is 6.80. The van der Waals surface area contributed by atoms with Crippen LogP contribution >= 0.6 is 0 Å². The Kier molecular flexibility index (Phi) is 4.99. The molecule has 0 bridgehead atoms. The minimum Gasteiger partial charge on any atom is -0.478 e. The maximum Gasteiger partial charge on any atom is 0.407 e. The second kappa shape index (κ2) is 7.75. The minimum absolute atomic E-state index is 0.0352. The van der Waals surface area contributed by atoms with Gasteiger partial charge in [0.25, 0.3) is 0 Å². The number of carbonyl (C=O) groups excluding carboxylic acids is 1. The third-order valence-corrected chi connectivity index (χ3v) is 5.04. The first-order chi connectivity index (χ1) is 14.0. The molecule has 146 valence electrons. The molecular weight excluding hydrogens is 373 g/mol. The zero-order chi connectivity index (χ0) is 20.4. The predicted molar refractivity (Wildman–Crippen MR) is 105 cm³/mol. The van der Waals surface area contributed by atoms with Gasteiger partial charge in [0, 0.05) is 12.5 Å². The number of halogens is 1. The molecule has 2 N–H and O–H groups in total. The Balaban J connectivity index is 1.39. The molecule has 3 aromatic carbocycles. The molecule has 3 aromatic rings. The van der Waals surface area contributed by atoms with Crippen molar-refractivity contribution >= 4 is 12.1 Å². The third-order valence-electron chi connectivity index (χ3n) is 5.04. The molecule has 0 spiro atoms. The summed E-state index contributed by atoms with van der Waals surface area (Å²) in [7, 11) is 0. The van der Waals surface area contributed by atoms with Gasteiger partial charge < -0.3 is 15.2 Å². The van der Waals surface area contributed by atoms with E-state index in [2.05, 4.69) is 17.4 Å². The third kappa shape index (κ3) is 3.69. The van der Waals surface area contributed by atoms with Crippen LogP contribution in [0.15, 0.2) is 66.7 Å². The van der Waals surface area contributed by atoms with Crippen LogP contribution in [0.3, 0.4) is 0 Å². The molecule has 5 nitrogen and oxygen atoms in total. The predicted octanol–water partition coefficient (Wildman–Crippen LogP) is 4.56. The highest BCUT2D eigenvalue weighted by atomic mass is 19.1. The summed E-state index contributed by atoms with van der Waals surface area (Å²) >= 11 is 0. The van der Waals surface area contributed by atoms with E-state index in [0.717, 1.165) is 28.3 Å². The summed E-state index contributed by atoms with van der Waals surface area (Å²) in [5, 5.41) is 11.4. The Morgan fingerprint density at radius 2 is 1.59 bits per heavy atom. The van der Waals surface area contributed by atoms with Gasteiger partial charge in [-0.1, -0.05) is 54.6 Å². The zero-order valence-electron chi connectivity index (χ0n) is 15.4. The summed E-state index contributed by atoms with van der Waals surface area (Å²) < 4.78 is 19.2. The lowest BCUT2D eigenvalue weighted by Gasteiger charge is -2.14. The number of carbonyl (C=O) groups is 2. The van der Waals surface area contributed by atoms with Crippen molar-refractivity contribution < 1.29 is 23.8 Å². The molecule has 0 atom stereocenters. The van der Waals surface area contributed by atoms with Crippen LogP contribution in [0.25, 0.3) is 11.1 Å². The van der Waals surface area contributed by atoms with Crippen LogP contribution < -0.4 is 5.32 Å². The van der Waals surface area contributed by atoms with E-state index < -0.39 is 23.4 Å². The highest BCUT2D eigenvalue weighted by Gasteiger charge is 2.28. The van der Waals surface area contributed by atoms with Crippen LogP contribution in [0.5, 0.6) is 0 Å². The number of hydrogen-bond donors (Lipinski definition) is 2. The summed E-state index contributed by atoms with van der Waals surface area (Å²) in [5.74, 6) is -2.22. The molecule has 0 saturated carbocycles.